The maximum Gasteiger partial charge on any atom is 0.291 e. The Morgan fingerprint density at radius 3 is 2.90 bits per heavy atom. The third-order valence-electron chi connectivity index (χ3n) is 4.54. The molecule has 0 fully saturated rings. The lowest BCUT2D eigenvalue weighted by atomic mass is 10.2. The summed E-state index contributed by atoms with van der Waals surface area (Å²) in [5, 5.41) is 4.78. The van der Waals surface area contributed by atoms with E-state index in [0.29, 0.717) is 40.7 Å². The summed E-state index contributed by atoms with van der Waals surface area (Å²) < 4.78 is 7.98. The van der Waals surface area contributed by atoms with Crippen LogP contribution in [0.2, 0.25) is 5.02 Å². The van der Waals surface area contributed by atoms with E-state index in [4.69, 9.17) is 16.3 Å². The second-order valence-corrected chi connectivity index (χ2v) is 7.72. The van der Waals surface area contributed by atoms with Crippen LogP contribution in [0.15, 0.2) is 29.6 Å². The molecule has 158 valence electrons. The molecule has 0 aliphatic carbocycles. The van der Waals surface area contributed by atoms with Crippen LogP contribution in [-0.2, 0) is 7.05 Å². The molecule has 0 atom stereocenters. The van der Waals surface area contributed by atoms with Gasteiger partial charge in [-0.3, -0.25) is 9.48 Å². The Morgan fingerprint density at radius 1 is 1.37 bits per heavy atom. The Labute approximate surface area is 188 Å². The van der Waals surface area contributed by atoms with Gasteiger partial charge in [0.15, 0.2) is 4.60 Å². The van der Waals surface area contributed by atoms with Gasteiger partial charge in [-0.25, -0.2) is 15.0 Å². The van der Waals surface area contributed by atoms with Crippen LogP contribution >= 0.6 is 27.5 Å². The van der Waals surface area contributed by atoms with Crippen LogP contribution in [0.3, 0.4) is 0 Å². The molecule has 0 aliphatic rings. The second-order valence-electron chi connectivity index (χ2n) is 6.53. The topological polar surface area (TPSA) is 86.0 Å². The molecular formula is C20H22BrClN6O2. The first kappa shape index (κ1) is 22.2. The fourth-order valence-electron chi connectivity index (χ4n) is 2.93. The molecule has 3 rings (SSSR count). The first-order valence-corrected chi connectivity index (χ1v) is 10.7. The van der Waals surface area contributed by atoms with Gasteiger partial charge in [-0.2, -0.15) is 5.10 Å². The van der Waals surface area contributed by atoms with Crippen LogP contribution in [-0.4, -0.2) is 55.2 Å². The van der Waals surface area contributed by atoms with Gasteiger partial charge >= 0.3 is 0 Å². The molecule has 30 heavy (non-hydrogen) atoms. The Kier molecular flexibility index (Phi) is 7.38. The van der Waals surface area contributed by atoms with E-state index in [1.807, 2.05) is 6.92 Å². The number of aromatic nitrogens is 5. The largest absolute Gasteiger partial charge is 0.477 e. The molecule has 10 heteroatoms. The first-order chi connectivity index (χ1) is 14.4. The molecule has 0 saturated heterocycles. The summed E-state index contributed by atoms with van der Waals surface area (Å²) >= 11 is 9.30. The van der Waals surface area contributed by atoms with E-state index in [1.54, 1.807) is 41.2 Å². The third-order valence-corrected chi connectivity index (χ3v) is 5.28. The summed E-state index contributed by atoms with van der Waals surface area (Å²) in [6, 6.07) is 1.76. The standard InChI is InChI=1S/C20H22BrClN6O2/c1-4-13-10-14(22)11-24-19(13)30-9-7-6-8-28(5-2)20(29)18-23-12-15-16(25-18)17(21)26-27(15)3/h4,10-12H,1,5-9H2,2-3H3. The van der Waals surface area contributed by atoms with E-state index in [1.165, 1.54) is 0 Å². The number of nitrogens with zero attached hydrogens (tertiary/aromatic N) is 6. The van der Waals surface area contributed by atoms with Crippen molar-refractivity contribution < 1.29 is 9.53 Å². The van der Waals surface area contributed by atoms with Crippen molar-refractivity contribution in [1.82, 2.24) is 29.6 Å². The van der Waals surface area contributed by atoms with Crippen LogP contribution in [0.5, 0.6) is 5.88 Å². The number of rotatable bonds is 9. The van der Waals surface area contributed by atoms with Gasteiger partial charge in [0.25, 0.3) is 5.91 Å². The highest BCUT2D eigenvalue weighted by Gasteiger charge is 2.19. The summed E-state index contributed by atoms with van der Waals surface area (Å²) in [5.74, 6) is 0.459. The minimum absolute atomic E-state index is 0.162. The number of carbonyl (C=O) groups excluding carboxylic acids is 1. The normalized spacial score (nSPS) is 10.9. The van der Waals surface area contributed by atoms with E-state index in [-0.39, 0.29) is 11.7 Å². The summed E-state index contributed by atoms with van der Waals surface area (Å²) in [6.07, 6.45) is 6.35. The first-order valence-electron chi connectivity index (χ1n) is 9.49. The monoisotopic (exact) mass is 492 g/mol. The fraction of sp³-hybridized carbons (Fsp3) is 0.350. The number of amides is 1. The van der Waals surface area contributed by atoms with Crippen LogP contribution in [0.4, 0.5) is 0 Å². The highest BCUT2D eigenvalue weighted by atomic mass is 79.9. The lowest BCUT2D eigenvalue weighted by Gasteiger charge is -2.20. The molecule has 1 amide bonds. The van der Waals surface area contributed by atoms with Crippen molar-refractivity contribution in [2.45, 2.75) is 19.8 Å². The molecule has 0 aliphatic heterocycles. The molecule has 0 aromatic carbocycles. The predicted octanol–water partition coefficient (Wildman–Crippen LogP) is 4.14. The zero-order valence-electron chi connectivity index (χ0n) is 16.8. The van der Waals surface area contributed by atoms with Gasteiger partial charge in [-0.1, -0.05) is 24.3 Å². The molecule has 3 aromatic heterocycles. The lowest BCUT2D eigenvalue weighted by Crippen LogP contribution is -2.33. The Bertz CT molecular complexity index is 1070. The lowest BCUT2D eigenvalue weighted by molar-refractivity contribution is 0.0747. The number of unbranched alkanes of at least 4 members (excludes halogenated alkanes) is 1. The average Bonchev–Trinajstić information content (AvgIpc) is 3.04. The number of ether oxygens (including phenoxy) is 1. The van der Waals surface area contributed by atoms with E-state index < -0.39 is 0 Å². The molecular weight excluding hydrogens is 472 g/mol. The number of hydrogen-bond acceptors (Lipinski definition) is 6. The molecule has 3 heterocycles. The summed E-state index contributed by atoms with van der Waals surface area (Å²) in [5.41, 5.74) is 2.13. The third kappa shape index (κ3) is 4.96. The molecule has 8 nitrogen and oxygen atoms in total. The number of hydrogen-bond donors (Lipinski definition) is 0. The summed E-state index contributed by atoms with van der Waals surface area (Å²) in [4.78, 5) is 27.3. The van der Waals surface area contributed by atoms with Gasteiger partial charge in [0.05, 0.1) is 17.8 Å². The maximum absolute atomic E-state index is 12.8. The zero-order chi connectivity index (χ0) is 21.7. The quantitative estimate of drug-likeness (QED) is 0.417. The molecule has 0 saturated carbocycles. The minimum atomic E-state index is -0.204. The molecule has 0 N–H and O–H groups in total. The second kappa shape index (κ2) is 9.99. The van der Waals surface area contributed by atoms with Crippen LogP contribution in [0.1, 0.15) is 35.9 Å². The molecule has 0 bridgehead atoms. The van der Waals surface area contributed by atoms with Crippen molar-refractivity contribution in [1.29, 1.82) is 0 Å². The van der Waals surface area contributed by atoms with Crippen molar-refractivity contribution in [3.05, 3.63) is 46.1 Å². The fourth-order valence-corrected chi connectivity index (χ4v) is 3.62. The summed E-state index contributed by atoms with van der Waals surface area (Å²) in [6.45, 7) is 7.30. The van der Waals surface area contributed by atoms with Crippen LogP contribution < -0.4 is 4.74 Å². The van der Waals surface area contributed by atoms with Gasteiger partial charge in [0.2, 0.25) is 11.7 Å². The Balaban J connectivity index is 1.55. The number of carbonyl (C=O) groups is 1. The smallest absolute Gasteiger partial charge is 0.291 e. The van der Waals surface area contributed by atoms with E-state index >= 15 is 0 Å². The molecule has 0 radical (unpaired) electrons. The van der Waals surface area contributed by atoms with Crippen molar-refractivity contribution >= 4 is 50.5 Å². The Hall–Kier alpha value is -2.52. The van der Waals surface area contributed by atoms with E-state index in [2.05, 4.69) is 42.6 Å². The van der Waals surface area contributed by atoms with Gasteiger partial charge in [0.1, 0.15) is 11.0 Å². The average molecular weight is 494 g/mol. The van der Waals surface area contributed by atoms with Gasteiger partial charge in [-0.05, 0) is 41.8 Å². The predicted molar refractivity (Wildman–Crippen MR) is 120 cm³/mol. The van der Waals surface area contributed by atoms with Gasteiger partial charge in [-0.15, -0.1) is 0 Å². The number of aryl methyl sites for hydroxylation is 1. The highest BCUT2D eigenvalue weighted by molar-refractivity contribution is 9.10. The summed E-state index contributed by atoms with van der Waals surface area (Å²) in [7, 11) is 1.80. The minimum Gasteiger partial charge on any atom is -0.477 e. The van der Waals surface area contributed by atoms with Crippen LogP contribution in [0, 0.1) is 0 Å². The maximum atomic E-state index is 12.8. The Morgan fingerprint density at radius 2 is 2.17 bits per heavy atom. The van der Waals surface area contributed by atoms with E-state index in [9.17, 15) is 4.79 Å². The molecule has 0 unspecified atom stereocenters. The molecule has 0 spiro atoms. The van der Waals surface area contributed by atoms with Gasteiger partial charge < -0.3 is 9.64 Å². The number of halogens is 2. The number of pyridine rings is 1. The van der Waals surface area contributed by atoms with Gasteiger partial charge in [0, 0.05) is 31.9 Å². The molecule has 3 aromatic rings. The van der Waals surface area contributed by atoms with Crippen molar-refractivity contribution in [2.24, 2.45) is 7.05 Å². The van der Waals surface area contributed by atoms with Crippen LogP contribution in [0.25, 0.3) is 17.1 Å². The highest BCUT2D eigenvalue weighted by Crippen LogP contribution is 2.21. The number of fused-ring (bicyclic) bond motifs is 1. The van der Waals surface area contributed by atoms with Crippen molar-refractivity contribution in [3.8, 4) is 5.88 Å². The van der Waals surface area contributed by atoms with Crippen molar-refractivity contribution in [2.75, 3.05) is 19.7 Å². The zero-order valence-corrected chi connectivity index (χ0v) is 19.1. The van der Waals surface area contributed by atoms with E-state index in [0.717, 1.165) is 23.9 Å². The van der Waals surface area contributed by atoms with Crippen molar-refractivity contribution in [3.63, 3.8) is 0 Å². The SMILES string of the molecule is C=Cc1cc(Cl)cnc1OCCCCN(CC)C(=O)c1ncc2c(n1)c(Br)nn2C.